The number of nitrogens with one attached hydrogen (secondary N) is 2. The molecule has 0 bridgehead atoms. The average Bonchev–Trinajstić information content (AvgIpc) is 3.14. The number of nitrogens with zero attached hydrogens (tertiary/aromatic N) is 2. The van der Waals surface area contributed by atoms with Gasteiger partial charge in [-0.3, -0.25) is 0 Å². The highest BCUT2D eigenvalue weighted by molar-refractivity contribution is 7.15. The Morgan fingerprint density at radius 3 is 2.46 bits per heavy atom. The molecule has 0 unspecified atom stereocenters. The van der Waals surface area contributed by atoms with Crippen molar-refractivity contribution in [1.82, 2.24) is 10.2 Å². The highest BCUT2D eigenvalue weighted by atomic mass is 35.5. The maximum atomic E-state index is 6.31. The molecule has 146 valence electrons. The molecule has 0 amide bonds. The van der Waals surface area contributed by atoms with E-state index in [0.717, 1.165) is 27.1 Å². The fourth-order valence-electron chi connectivity index (χ4n) is 3.52. The largest absolute Gasteiger partial charge is 0.357 e. The Kier molecular flexibility index (Phi) is 6.35. The van der Waals surface area contributed by atoms with Gasteiger partial charge >= 0.3 is 0 Å². The van der Waals surface area contributed by atoms with E-state index in [1.165, 1.54) is 32.1 Å². The molecule has 4 nitrogen and oxygen atoms in total. The standard InChI is InChI=1S/C21H22Cl2N4S/c22-16-10-6-11-17(23)20(16)25-18-12-5-4-7-14(18)13-19-26-27-21(28-19)24-15-8-2-1-3-9-15/h4-7,10-12,15,25H,1-3,8-9,13H2,(H,24,27). The zero-order valence-electron chi connectivity index (χ0n) is 15.4. The Bertz CT molecular complexity index is 917. The SMILES string of the molecule is Clc1cccc(Cl)c1Nc1ccccc1Cc1nnc(NC2CCCCC2)s1. The van der Waals surface area contributed by atoms with Crippen LogP contribution in [0, 0.1) is 0 Å². The van der Waals surface area contributed by atoms with E-state index >= 15 is 0 Å². The van der Waals surface area contributed by atoms with Gasteiger partial charge < -0.3 is 10.6 Å². The van der Waals surface area contributed by atoms with Crippen LogP contribution in [0.1, 0.15) is 42.7 Å². The van der Waals surface area contributed by atoms with Gasteiger partial charge in [-0.15, -0.1) is 10.2 Å². The summed E-state index contributed by atoms with van der Waals surface area (Å²) < 4.78 is 0. The average molecular weight is 433 g/mol. The van der Waals surface area contributed by atoms with Gasteiger partial charge in [0.25, 0.3) is 0 Å². The Balaban J connectivity index is 1.48. The Morgan fingerprint density at radius 1 is 0.929 bits per heavy atom. The summed E-state index contributed by atoms with van der Waals surface area (Å²) in [5.74, 6) is 0. The Hall–Kier alpha value is -1.82. The van der Waals surface area contributed by atoms with E-state index < -0.39 is 0 Å². The lowest BCUT2D eigenvalue weighted by Crippen LogP contribution is -2.21. The van der Waals surface area contributed by atoms with Gasteiger partial charge in [-0.2, -0.15) is 0 Å². The zero-order chi connectivity index (χ0) is 19.3. The third-order valence-electron chi connectivity index (χ3n) is 4.98. The van der Waals surface area contributed by atoms with Crippen molar-refractivity contribution in [3.8, 4) is 0 Å². The van der Waals surface area contributed by atoms with Crippen molar-refractivity contribution in [2.75, 3.05) is 10.6 Å². The van der Waals surface area contributed by atoms with Crippen molar-refractivity contribution in [3.05, 3.63) is 63.1 Å². The number of rotatable bonds is 6. The lowest BCUT2D eigenvalue weighted by Gasteiger charge is -2.21. The minimum Gasteiger partial charge on any atom is -0.357 e. The summed E-state index contributed by atoms with van der Waals surface area (Å²) in [6, 6.07) is 14.2. The minimum atomic E-state index is 0.533. The molecule has 0 spiro atoms. The first-order chi connectivity index (χ1) is 13.7. The van der Waals surface area contributed by atoms with Crippen LogP contribution in [0.4, 0.5) is 16.5 Å². The van der Waals surface area contributed by atoms with Gasteiger partial charge in [0.15, 0.2) is 0 Å². The van der Waals surface area contributed by atoms with Crippen molar-refractivity contribution in [2.45, 2.75) is 44.6 Å². The van der Waals surface area contributed by atoms with E-state index in [1.807, 2.05) is 36.4 Å². The molecule has 3 aromatic rings. The molecule has 1 aliphatic carbocycles. The van der Waals surface area contributed by atoms with Gasteiger partial charge in [0.05, 0.1) is 15.7 Å². The van der Waals surface area contributed by atoms with Crippen molar-refractivity contribution in [3.63, 3.8) is 0 Å². The lowest BCUT2D eigenvalue weighted by atomic mass is 9.96. The highest BCUT2D eigenvalue weighted by Crippen LogP contribution is 2.34. The van der Waals surface area contributed by atoms with Crippen molar-refractivity contribution < 1.29 is 0 Å². The molecule has 1 aliphatic rings. The van der Waals surface area contributed by atoms with Crippen LogP contribution in [0.15, 0.2) is 42.5 Å². The fourth-order valence-corrected chi connectivity index (χ4v) is 4.85. The maximum Gasteiger partial charge on any atom is 0.205 e. The number of hydrogen-bond acceptors (Lipinski definition) is 5. The molecule has 1 fully saturated rings. The first-order valence-corrected chi connectivity index (χ1v) is 11.1. The quantitative estimate of drug-likeness (QED) is 0.443. The highest BCUT2D eigenvalue weighted by Gasteiger charge is 2.16. The van der Waals surface area contributed by atoms with Crippen LogP contribution >= 0.6 is 34.5 Å². The molecule has 1 saturated carbocycles. The fraction of sp³-hybridized carbons (Fsp3) is 0.333. The molecule has 2 aromatic carbocycles. The molecule has 2 N–H and O–H groups in total. The summed E-state index contributed by atoms with van der Waals surface area (Å²) in [5.41, 5.74) is 2.81. The van der Waals surface area contributed by atoms with E-state index in [-0.39, 0.29) is 0 Å². The number of hydrogen-bond donors (Lipinski definition) is 2. The molecule has 28 heavy (non-hydrogen) atoms. The maximum absolute atomic E-state index is 6.31. The molecule has 0 atom stereocenters. The van der Waals surface area contributed by atoms with Gasteiger partial charge in [-0.05, 0) is 36.6 Å². The number of para-hydroxylation sites is 2. The molecule has 0 aliphatic heterocycles. The molecule has 0 radical (unpaired) electrons. The van der Waals surface area contributed by atoms with E-state index in [2.05, 4.69) is 26.9 Å². The molecular weight excluding hydrogens is 411 g/mol. The smallest absolute Gasteiger partial charge is 0.205 e. The molecule has 7 heteroatoms. The minimum absolute atomic E-state index is 0.533. The molecule has 0 saturated heterocycles. The molecular formula is C21H22Cl2N4S. The first-order valence-electron chi connectivity index (χ1n) is 9.57. The van der Waals surface area contributed by atoms with Crippen LogP contribution in [-0.2, 0) is 6.42 Å². The van der Waals surface area contributed by atoms with Crippen LogP contribution in [0.2, 0.25) is 10.0 Å². The summed E-state index contributed by atoms with van der Waals surface area (Å²) in [5, 5.41) is 18.8. The second kappa shape index (κ2) is 9.12. The molecule has 4 rings (SSSR count). The summed E-state index contributed by atoms with van der Waals surface area (Å²) in [7, 11) is 0. The van der Waals surface area contributed by atoms with Gasteiger partial charge in [0.2, 0.25) is 5.13 Å². The Morgan fingerprint density at radius 2 is 1.68 bits per heavy atom. The predicted octanol–water partition coefficient (Wildman–Crippen LogP) is 6.92. The number of anilines is 3. The Labute approximate surface area is 179 Å². The van der Waals surface area contributed by atoms with E-state index in [0.29, 0.717) is 22.5 Å². The normalized spacial score (nSPS) is 14.8. The topological polar surface area (TPSA) is 49.8 Å². The van der Waals surface area contributed by atoms with Gasteiger partial charge in [-0.1, -0.05) is 78.1 Å². The summed E-state index contributed by atoms with van der Waals surface area (Å²) >= 11 is 14.3. The van der Waals surface area contributed by atoms with E-state index in [9.17, 15) is 0 Å². The lowest BCUT2D eigenvalue weighted by molar-refractivity contribution is 0.462. The summed E-state index contributed by atoms with van der Waals surface area (Å²) in [6.07, 6.45) is 7.09. The van der Waals surface area contributed by atoms with Crippen LogP contribution in [0.25, 0.3) is 0 Å². The van der Waals surface area contributed by atoms with Crippen LogP contribution in [0.3, 0.4) is 0 Å². The second-order valence-electron chi connectivity index (χ2n) is 7.04. The van der Waals surface area contributed by atoms with Gasteiger partial charge in [0, 0.05) is 18.2 Å². The van der Waals surface area contributed by atoms with Crippen molar-refractivity contribution >= 4 is 51.0 Å². The summed E-state index contributed by atoms with van der Waals surface area (Å²) in [4.78, 5) is 0. The van der Waals surface area contributed by atoms with Crippen LogP contribution in [0.5, 0.6) is 0 Å². The second-order valence-corrected chi connectivity index (χ2v) is 8.91. The van der Waals surface area contributed by atoms with Gasteiger partial charge in [-0.25, -0.2) is 0 Å². The van der Waals surface area contributed by atoms with Crippen LogP contribution < -0.4 is 10.6 Å². The van der Waals surface area contributed by atoms with Crippen molar-refractivity contribution in [2.24, 2.45) is 0 Å². The number of benzene rings is 2. The van der Waals surface area contributed by atoms with Crippen LogP contribution in [-0.4, -0.2) is 16.2 Å². The zero-order valence-corrected chi connectivity index (χ0v) is 17.7. The number of aromatic nitrogens is 2. The third-order valence-corrected chi connectivity index (χ3v) is 6.47. The van der Waals surface area contributed by atoms with Crippen molar-refractivity contribution in [1.29, 1.82) is 0 Å². The molecule has 1 heterocycles. The van der Waals surface area contributed by atoms with E-state index in [1.54, 1.807) is 11.3 Å². The predicted molar refractivity (Wildman–Crippen MR) is 119 cm³/mol. The third kappa shape index (κ3) is 4.77. The van der Waals surface area contributed by atoms with E-state index in [4.69, 9.17) is 23.2 Å². The monoisotopic (exact) mass is 432 g/mol. The summed E-state index contributed by atoms with van der Waals surface area (Å²) in [6.45, 7) is 0. The number of halogens is 2. The first kappa shape index (κ1) is 19.5. The molecule has 1 aromatic heterocycles. The van der Waals surface area contributed by atoms with Gasteiger partial charge in [0.1, 0.15) is 5.01 Å².